The number of carbonyl (C=O) groups is 1. The first kappa shape index (κ1) is 21.0. The van der Waals surface area contributed by atoms with Gasteiger partial charge in [0.15, 0.2) is 0 Å². The summed E-state index contributed by atoms with van der Waals surface area (Å²) >= 11 is 0. The zero-order chi connectivity index (χ0) is 21.0. The Morgan fingerprint density at radius 3 is 2.45 bits per heavy atom. The summed E-state index contributed by atoms with van der Waals surface area (Å²) in [4.78, 5) is 15.7. The van der Waals surface area contributed by atoms with E-state index in [0.29, 0.717) is 18.0 Å². The zero-order valence-corrected chi connectivity index (χ0v) is 16.5. The van der Waals surface area contributed by atoms with Crippen LogP contribution >= 0.6 is 0 Å². The molecule has 0 aliphatic heterocycles. The lowest BCUT2D eigenvalue weighted by Crippen LogP contribution is -2.27. The van der Waals surface area contributed by atoms with Gasteiger partial charge in [-0.3, -0.25) is 4.79 Å². The largest absolute Gasteiger partial charge is 0.416 e. The molecule has 2 N–H and O–H groups in total. The quantitative estimate of drug-likeness (QED) is 0.510. The summed E-state index contributed by atoms with van der Waals surface area (Å²) in [7, 11) is 0. The minimum Gasteiger partial charge on any atom is -0.361 e. The molecule has 3 nitrogen and oxygen atoms in total. The fourth-order valence-corrected chi connectivity index (χ4v) is 3.59. The first-order chi connectivity index (χ1) is 13.8. The van der Waals surface area contributed by atoms with Crippen LogP contribution in [0, 0.1) is 5.92 Å². The summed E-state index contributed by atoms with van der Waals surface area (Å²) in [6.45, 7) is 4.62. The molecule has 3 aromatic rings. The van der Waals surface area contributed by atoms with Gasteiger partial charge in [0.1, 0.15) is 0 Å². The van der Waals surface area contributed by atoms with Crippen LogP contribution < -0.4 is 5.32 Å². The molecule has 0 saturated carbocycles. The van der Waals surface area contributed by atoms with E-state index in [4.69, 9.17) is 0 Å². The maximum Gasteiger partial charge on any atom is 0.416 e. The van der Waals surface area contributed by atoms with E-state index in [1.807, 2.05) is 24.3 Å². The molecule has 1 amide bonds. The van der Waals surface area contributed by atoms with Crippen LogP contribution in [0.2, 0.25) is 0 Å². The minimum absolute atomic E-state index is 0.0486. The lowest BCUT2D eigenvalue weighted by atomic mass is 9.85. The fraction of sp³-hybridized carbons (Fsp3) is 0.348. The number of fused-ring (bicyclic) bond motifs is 1. The molecule has 29 heavy (non-hydrogen) atoms. The van der Waals surface area contributed by atoms with Crippen LogP contribution in [0.5, 0.6) is 0 Å². The Kier molecular flexibility index (Phi) is 6.30. The third-order valence-electron chi connectivity index (χ3n) is 5.07. The number of benzene rings is 2. The molecule has 0 aliphatic carbocycles. The first-order valence-electron chi connectivity index (χ1n) is 9.76. The molecule has 0 radical (unpaired) electrons. The number of halogens is 3. The van der Waals surface area contributed by atoms with Crippen molar-refractivity contribution < 1.29 is 18.0 Å². The van der Waals surface area contributed by atoms with Crippen LogP contribution in [0.1, 0.15) is 49.3 Å². The second-order valence-electron chi connectivity index (χ2n) is 7.66. The number of amides is 1. The van der Waals surface area contributed by atoms with Crippen molar-refractivity contribution in [3.8, 4) is 0 Å². The Balaban J connectivity index is 2.01. The van der Waals surface area contributed by atoms with Gasteiger partial charge in [0.25, 0.3) is 0 Å². The van der Waals surface area contributed by atoms with Crippen molar-refractivity contribution in [3.63, 3.8) is 0 Å². The Morgan fingerprint density at radius 2 is 1.72 bits per heavy atom. The highest BCUT2D eigenvalue weighted by Crippen LogP contribution is 2.40. The number of hydrogen-bond acceptors (Lipinski definition) is 1. The van der Waals surface area contributed by atoms with E-state index in [2.05, 4.69) is 24.1 Å². The van der Waals surface area contributed by atoms with Crippen molar-refractivity contribution in [2.75, 3.05) is 6.54 Å². The Bertz CT molecular complexity index is 975. The van der Waals surface area contributed by atoms with E-state index in [1.54, 1.807) is 12.3 Å². The summed E-state index contributed by atoms with van der Waals surface area (Å²) in [6, 6.07) is 12.9. The monoisotopic (exact) mass is 402 g/mol. The number of H-pyrrole nitrogens is 1. The van der Waals surface area contributed by atoms with Crippen LogP contribution in [-0.2, 0) is 11.0 Å². The second kappa shape index (κ2) is 8.72. The number of alkyl halides is 3. The fourth-order valence-electron chi connectivity index (χ4n) is 3.59. The van der Waals surface area contributed by atoms with Gasteiger partial charge in [-0.15, -0.1) is 0 Å². The minimum atomic E-state index is -4.49. The molecule has 1 aromatic heterocycles. The highest BCUT2D eigenvalue weighted by Gasteiger charge is 2.36. The van der Waals surface area contributed by atoms with Gasteiger partial charge in [-0.25, -0.2) is 0 Å². The van der Waals surface area contributed by atoms with Gasteiger partial charge in [0.05, 0.1) is 5.56 Å². The van der Waals surface area contributed by atoms with E-state index >= 15 is 0 Å². The van der Waals surface area contributed by atoms with Crippen molar-refractivity contribution in [2.45, 2.75) is 38.8 Å². The maximum absolute atomic E-state index is 13.7. The maximum atomic E-state index is 13.7. The average molecular weight is 402 g/mol. The van der Waals surface area contributed by atoms with E-state index in [-0.39, 0.29) is 17.9 Å². The number of nitrogens with one attached hydrogen (secondary N) is 2. The molecular weight excluding hydrogens is 377 g/mol. The smallest absolute Gasteiger partial charge is 0.361 e. The number of carbonyl (C=O) groups excluding carboxylic acids is 1. The molecule has 6 heteroatoms. The summed E-state index contributed by atoms with van der Waals surface area (Å²) in [5.74, 6) is -0.522. The van der Waals surface area contributed by atoms with Crippen LogP contribution in [0.4, 0.5) is 13.2 Å². The molecule has 0 bridgehead atoms. The van der Waals surface area contributed by atoms with Gasteiger partial charge in [0.2, 0.25) is 5.91 Å². The predicted molar refractivity (Wildman–Crippen MR) is 109 cm³/mol. The van der Waals surface area contributed by atoms with E-state index in [9.17, 15) is 18.0 Å². The van der Waals surface area contributed by atoms with Crippen LogP contribution in [0.15, 0.2) is 54.7 Å². The third kappa shape index (κ3) is 5.00. The Morgan fingerprint density at radius 1 is 1.03 bits per heavy atom. The van der Waals surface area contributed by atoms with Crippen LogP contribution in [0.3, 0.4) is 0 Å². The lowest BCUT2D eigenvalue weighted by Gasteiger charge is -2.22. The molecular formula is C23H25F3N2O. The van der Waals surface area contributed by atoms with Crippen LogP contribution in [-0.4, -0.2) is 17.4 Å². The molecule has 0 unspecified atom stereocenters. The molecule has 0 saturated heterocycles. The van der Waals surface area contributed by atoms with E-state index < -0.39 is 17.7 Å². The SMILES string of the molecule is CC(C)CCNC(=O)C[C@@H](c1ccccc1C(F)(F)F)c1c[nH]c2ccccc12. The number of hydrogen-bond donors (Lipinski definition) is 2. The summed E-state index contributed by atoms with van der Waals surface area (Å²) < 4.78 is 41.1. The third-order valence-corrected chi connectivity index (χ3v) is 5.07. The highest BCUT2D eigenvalue weighted by atomic mass is 19.4. The molecule has 0 aliphatic rings. The van der Waals surface area contributed by atoms with Gasteiger partial charge in [-0.05, 0) is 35.6 Å². The van der Waals surface area contributed by atoms with E-state index in [0.717, 1.165) is 23.4 Å². The van der Waals surface area contributed by atoms with Crippen molar-refractivity contribution in [3.05, 3.63) is 71.4 Å². The standard InChI is InChI=1S/C23H25F3N2O/c1-15(2)11-12-27-22(29)13-18(16-7-3-5-9-20(16)23(24,25)26)19-14-28-21-10-6-4-8-17(19)21/h3-10,14-15,18,28H,11-13H2,1-2H3,(H,27,29)/t18-/m0/s1. The Labute approximate surface area is 168 Å². The number of aromatic amines is 1. The zero-order valence-electron chi connectivity index (χ0n) is 16.5. The molecule has 1 atom stereocenters. The van der Waals surface area contributed by atoms with Gasteiger partial charge in [0, 0.05) is 36.0 Å². The summed E-state index contributed by atoms with van der Waals surface area (Å²) in [6.07, 6.45) is -2.01. The second-order valence-corrected chi connectivity index (χ2v) is 7.66. The number of aromatic nitrogens is 1. The van der Waals surface area contributed by atoms with Gasteiger partial charge < -0.3 is 10.3 Å². The normalized spacial score (nSPS) is 13.0. The first-order valence-corrected chi connectivity index (χ1v) is 9.76. The molecule has 1 heterocycles. The van der Waals surface area contributed by atoms with E-state index in [1.165, 1.54) is 12.1 Å². The molecule has 154 valence electrons. The van der Waals surface area contributed by atoms with Gasteiger partial charge in [-0.2, -0.15) is 13.2 Å². The summed E-state index contributed by atoms with van der Waals surface area (Å²) in [5.41, 5.74) is 0.933. The molecule has 3 rings (SSSR count). The highest BCUT2D eigenvalue weighted by molar-refractivity contribution is 5.86. The van der Waals surface area contributed by atoms with Gasteiger partial charge in [-0.1, -0.05) is 50.2 Å². The molecule has 0 fully saturated rings. The molecule has 0 spiro atoms. The summed E-state index contributed by atoms with van der Waals surface area (Å²) in [5, 5.41) is 3.68. The number of para-hydroxylation sites is 1. The number of rotatable bonds is 7. The molecule has 2 aromatic carbocycles. The predicted octanol–water partition coefficient (Wildman–Crippen LogP) is 5.87. The van der Waals surface area contributed by atoms with Gasteiger partial charge >= 0.3 is 6.18 Å². The lowest BCUT2D eigenvalue weighted by molar-refractivity contribution is -0.138. The Hall–Kier alpha value is -2.76. The topological polar surface area (TPSA) is 44.9 Å². The van der Waals surface area contributed by atoms with Crippen molar-refractivity contribution >= 4 is 16.8 Å². The van der Waals surface area contributed by atoms with Crippen molar-refractivity contribution in [1.29, 1.82) is 0 Å². The van der Waals surface area contributed by atoms with Crippen molar-refractivity contribution in [2.24, 2.45) is 5.92 Å². The van der Waals surface area contributed by atoms with Crippen molar-refractivity contribution in [1.82, 2.24) is 10.3 Å². The average Bonchev–Trinajstić information content (AvgIpc) is 3.09. The van der Waals surface area contributed by atoms with Crippen LogP contribution in [0.25, 0.3) is 10.9 Å².